The Morgan fingerprint density at radius 3 is 1.93 bits per heavy atom. The quantitative estimate of drug-likeness (QED) is 0.393. The van der Waals surface area contributed by atoms with Crippen molar-refractivity contribution in [1.29, 1.82) is 0 Å². The summed E-state index contributed by atoms with van der Waals surface area (Å²) in [7, 11) is 0. The van der Waals surface area contributed by atoms with Gasteiger partial charge >= 0.3 is 5.97 Å². The van der Waals surface area contributed by atoms with Gasteiger partial charge in [0.25, 0.3) is 0 Å². The highest BCUT2D eigenvalue weighted by molar-refractivity contribution is 6.03. The van der Waals surface area contributed by atoms with Crippen LogP contribution in [0.5, 0.6) is 0 Å². The molecule has 3 saturated carbocycles. The van der Waals surface area contributed by atoms with Gasteiger partial charge in [0.2, 0.25) is 0 Å². The molecule has 1 unspecified atom stereocenters. The van der Waals surface area contributed by atoms with Gasteiger partial charge in [0.05, 0.1) is 6.61 Å². The van der Waals surface area contributed by atoms with Gasteiger partial charge < -0.3 is 4.74 Å². The molecule has 28 heavy (non-hydrogen) atoms. The third-order valence-corrected chi connectivity index (χ3v) is 8.58. The summed E-state index contributed by atoms with van der Waals surface area (Å²) in [6.45, 7) is 6.57. The average Bonchev–Trinajstić information content (AvgIpc) is 2.74. The summed E-state index contributed by atoms with van der Waals surface area (Å²) in [5.41, 5.74) is -0.888. The number of carbonyl (C=O) groups is 2. The van der Waals surface area contributed by atoms with Crippen LogP contribution < -0.4 is 0 Å². The predicted molar refractivity (Wildman–Crippen MR) is 113 cm³/mol. The summed E-state index contributed by atoms with van der Waals surface area (Å²) in [6.07, 6.45) is 15.6. The minimum absolute atomic E-state index is 0.130. The van der Waals surface area contributed by atoms with E-state index in [1.165, 1.54) is 57.8 Å². The fraction of sp³-hybridized carbons (Fsp3) is 0.920. The van der Waals surface area contributed by atoms with Crippen molar-refractivity contribution in [2.75, 3.05) is 6.61 Å². The maximum absolute atomic E-state index is 12.8. The lowest BCUT2D eigenvalue weighted by molar-refractivity contribution is -0.162. The van der Waals surface area contributed by atoms with Crippen molar-refractivity contribution in [2.45, 2.75) is 104 Å². The third kappa shape index (κ3) is 4.82. The van der Waals surface area contributed by atoms with Gasteiger partial charge in [0.1, 0.15) is 11.2 Å². The third-order valence-electron chi connectivity index (χ3n) is 8.58. The Morgan fingerprint density at radius 1 is 0.893 bits per heavy atom. The summed E-state index contributed by atoms with van der Waals surface area (Å²) in [5, 5.41) is 0. The Morgan fingerprint density at radius 2 is 1.43 bits per heavy atom. The Kier molecular flexibility index (Phi) is 7.61. The summed E-state index contributed by atoms with van der Waals surface area (Å²) < 4.78 is 5.32. The van der Waals surface area contributed by atoms with Crippen LogP contribution in [0.1, 0.15) is 104 Å². The van der Waals surface area contributed by atoms with Crippen molar-refractivity contribution >= 4 is 11.8 Å². The first-order chi connectivity index (χ1) is 13.5. The first-order valence-corrected chi connectivity index (χ1v) is 12.2. The molecule has 0 aromatic heterocycles. The molecule has 0 aromatic rings. The molecule has 0 N–H and O–H groups in total. The van der Waals surface area contributed by atoms with E-state index in [0.717, 1.165) is 30.6 Å². The molecule has 3 aliphatic rings. The van der Waals surface area contributed by atoms with Crippen molar-refractivity contribution in [3.63, 3.8) is 0 Å². The Bertz CT molecular complexity index is 526. The van der Waals surface area contributed by atoms with E-state index < -0.39 is 5.41 Å². The van der Waals surface area contributed by atoms with E-state index >= 15 is 0 Å². The highest BCUT2D eigenvalue weighted by Gasteiger charge is 2.47. The fourth-order valence-electron chi connectivity index (χ4n) is 6.31. The number of Topliss-reactive ketones (excluding diaryl/α,β-unsaturated/α-hetero) is 1. The Balaban J connectivity index is 1.46. The van der Waals surface area contributed by atoms with E-state index in [0.29, 0.717) is 31.3 Å². The molecule has 0 spiro atoms. The molecule has 0 saturated heterocycles. The van der Waals surface area contributed by atoms with E-state index in [1.54, 1.807) is 0 Å². The van der Waals surface area contributed by atoms with E-state index in [-0.39, 0.29) is 11.8 Å². The SMILES string of the molecule is CCCOC(=O)[C@@]1(C)CCC(C2CCC([C@H]3CC[C@H](CC)CC3)CC2)CC1=O. The fourth-order valence-corrected chi connectivity index (χ4v) is 6.31. The standard InChI is InChI=1S/C25H42O3/c1-4-16-28-24(27)25(3)15-14-22(17-23(25)26)21-12-10-20(11-13-21)19-8-6-18(5-2)7-9-19/h18-22H,4-17H2,1-3H3/t18-,19-,20?,21?,22?,25-/m0/s1. The zero-order chi connectivity index (χ0) is 20.1. The van der Waals surface area contributed by atoms with E-state index in [2.05, 4.69) is 6.92 Å². The summed E-state index contributed by atoms with van der Waals surface area (Å²) in [5.74, 6) is 3.92. The van der Waals surface area contributed by atoms with Crippen molar-refractivity contribution in [3.8, 4) is 0 Å². The molecule has 3 fully saturated rings. The highest BCUT2D eigenvalue weighted by atomic mass is 16.5. The molecule has 3 aliphatic carbocycles. The molecule has 0 aliphatic heterocycles. The molecule has 160 valence electrons. The topological polar surface area (TPSA) is 43.4 Å². The lowest BCUT2D eigenvalue weighted by atomic mass is 9.62. The van der Waals surface area contributed by atoms with Crippen LogP contribution in [-0.4, -0.2) is 18.4 Å². The molecule has 0 bridgehead atoms. The zero-order valence-electron chi connectivity index (χ0n) is 18.5. The summed E-state index contributed by atoms with van der Waals surface area (Å²) >= 11 is 0. The van der Waals surface area contributed by atoms with Gasteiger partial charge in [0.15, 0.2) is 0 Å². The van der Waals surface area contributed by atoms with Crippen LogP contribution in [0.15, 0.2) is 0 Å². The van der Waals surface area contributed by atoms with Crippen LogP contribution in [0.2, 0.25) is 0 Å². The molecule has 0 heterocycles. The zero-order valence-corrected chi connectivity index (χ0v) is 18.5. The molecule has 3 rings (SSSR count). The Hall–Kier alpha value is -0.860. The van der Waals surface area contributed by atoms with Gasteiger partial charge in [-0.2, -0.15) is 0 Å². The van der Waals surface area contributed by atoms with Crippen LogP contribution in [-0.2, 0) is 14.3 Å². The lowest BCUT2D eigenvalue weighted by Crippen LogP contribution is -2.44. The Labute approximate surface area is 172 Å². The number of hydrogen-bond acceptors (Lipinski definition) is 3. The second kappa shape index (κ2) is 9.76. The van der Waals surface area contributed by atoms with Gasteiger partial charge in [-0.3, -0.25) is 9.59 Å². The molecule has 0 aromatic carbocycles. The highest BCUT2D eigenvalue weighted by Crippen LogP contribution is 2.47. The molecule has 0 amide bonds. The molecule has 2 atom stereocenters. The number of carbonyl (C=O) groups excluding carboxylic acids is 2. The van der Waals surface area contributed by atoms with Gasteiger partial charge in [-0.15, -0.1) is 0 Å². The monoisotopic (exact) mass is 390 g/mol. The van der Waals surface area contributed by atoms with Crippen LogP contribution in [0, 0.1) is 35.0 Å². The van der Waals surface area contributed by atoms with Crippen LogP contribution in [0.3, 0.4) is 0 Å². The maximum atomic E-state index is 12.8. The molecule has 3 nitrogen and oxygen atoms in total. The first kappa shape index (κ1) is 21.8. The predicted octanol–water partition coefficient (Wildman–Crippen LogP) is 6.34. The van der Waals surface area contributed by atoms with Crippen LogP contribution in [0.25, 0.3) is 0 Å². The second-order valence-corrected chi connectivity index (χ2v) is 10.3. The van der Waals surface area contributed by atoms with E-state index in [1.807, 2.05) is 13.8 Å². The minimum Gasteiger partial charge on any atom is -0.465 e. The molecular weight excluding hydrogens is 348 g/mol. The summed E-state index contributed by atoms with van der Waals surface area (Å²) in [6, 6.07) is 0. The number of hydrogen-bond donors (Lipinski definition) is 0. The number of esters is 1. The largest absolute Gasteiger partial charge is 0.465 e. The maximum Gasteiger partial charge on any atom is 0.319 e. The number of rotatable bonds is 6. The van der Waals surface area contributed by atoms with Crippen molar-refractivity contribution in [1.82, 2.24) is 0 Å². The first-order valence-electron chi connectivity index (χ1n) is 12.2. The van der Waals surface area contributed by atoms with E-state index in [9.17, 15) is 9.59 Å². The van der Waals surface area contributed by atoms with Crippen molar-refractivity contribution in [2.24, 2.45) is 35.0 Å². The smallest absolute Gasteiger partial charge is 0.319 e. The van der Waals surface area contributed by atoms with Crippen LogP contribution >= 0.6 is 0 Å². The lowest BCUT2D eigenvalue weighted by Gasteiger charge is -2.42. The summed E-state index contributed by atoms with van der Waals surface area (Å²) in [4.78, 5) is 25.2. The van der Waals surface area contributed by atoms with Crippen molar-refractivity contribution < 1.29 is 14.3 Å². The van der Waals surface area contributed by atoms with Crippen LogP contribution in [0.4, 0.5) is 0 Å². The van der Waals surface area contributed by atoms with Gasteiger partial charge in [-0.1, -0.05) is 33.1 Å². The van der Waals surface area contributed by atoms with Crippen molar-refractivity contribution in [3.05, 3.63) is 0 Å². The van der Waals surface area contributed by atoms with Gasteiger partial charge in [-0.25, -0.2) is 0 Å². The average molecular weight is 391 g/mol. The second-order valence-electron chi connectivity index (χ2n) is 10.3. The normalized spacial score (nSPS) is 39.5. The van der Waals surface area contributed by atoms with Gasteiger partial charge in [-0.05, 0) is 94.3 Å². The van der Waals surface area contributed by atoms with Gasteiger partial charge in [0, 0.05) is 6.42 Å². The number of ether oxygens (including phenoxy) is 1. The molecular formula is C25H42O3. The molecule has 0 radical (unpaired) electrons. The minimum atomic E-state index is -0.888. The molecule has 3 heteroatoms. The number of ketones is 1. The van der Waals surface area contributed by atoms with E-state index in [4.69, 9.17) is 4.74 Å².